The molecule has 0 aliphatic carbocycles. The van der Waals surface area contributed by atoms with Crippen molar-refractivity contribution in [2.75, 3.05) is 19.0 Å². The molecule has 104 valence electrons. The Hall–Kier alpha value is -1.69. The van der Waals surface area contributed by atoms with Crippen molar-refractivity contribution in [3.8, 4) is 0 Å². The summed E-state index contributed by atoms with van der Waals surface area (Å²) in [5.41, 5.74) is -0.239. The molecular formula is C13H18FN3O2. The van der Waals surface area contributed by atoms with Crippen LogP contribution in [0.4, 0.5) is 10.2 Å². The zero-order valence-corrected chi connectivity index (χ0v) is 11.3. The van der Waals surface area contributed by atoms with Gasteiger partial charge in [-0.1, -0.05) is 0 Å². The zero-order valence-electron chi connectivity index (χ0n) is 11.3. The van der Waals surface area contributed by atoms with E-state index in [1.165, 1.54) is 6.07 Å². The number of pyridine rings is 1. The molecule has 0 bridgehead atoms. The van der Waals surface area contributed by atoms with E-state index in [9.17, 15) is 9.18 Å². The Morgan fingerprint density at radius 1 is 1.63 bits per heavy atom. The van der Waals surface area contributed by atoms with Gasteiger partial charge in [0, 0.05) is 13.7 Å². The average Bonchev–Trinajstić information content (AvgIpc) is 2.69. The first-order valence-corrected chi connectivity index (χ1v) is 6.23. The number of amides is 1. The summed E-state index contributed by atoms with van der Waals surface area (Å²) in [6.07, 6.45) is 1.74. The highest BCUT2D eigenvalue weighted by molar-refractivity contribution is 5.99. The van der Waals surface area contributed by atoms with Crippen molar-refractivity contribution >= 4 is 11.7 Å². The smallest absolute Gasteiger partial charge is 0.255 e. The van der Waals surface area contributed by atoms with E-state index < -0.39 is 11.4 Å². The number of carbonyl (C=O) groups excluding carboxylic acids is 1. The van der Waals surface area contributed by atoms with Crippen molar-refractivity contribution in [1.29, 1.82) is 0 Å². The third-order valence-electron chi connectivity index (χ3n) is 3.62. The third kappa shape index (κ3) is 2.68. The molecule has 1 aliphatic heterocycles. The molecule has 0 aromatic carbocycles. The molecule has 1 saturated heterocycles. The first-order chi connectivity index (χ1) is 8.96. The zero-order chi connectivity index (χ0) is 14.0. The van der Waals surface area contributed by atoms with Gasteiger partial charge in [0.05, 0.1) is 23.4 Å². The molecule has 0 spiro atoms. The third-order valence-corrected chi connectivity index (χ3v) is 3.62. The van der Waals surface area contributed by atoms with Gasteiger partial charge in [-0.25, -0.2) is 9.37 Å². The quantitative estimate of drug-likeness (QED) is 0.872. The number of nitrogens with one attached hydrogen (secondary N) is 2. The van der Waals surface area contributed by atoms with Crippen molar-refractivity contribution in [3.05, 3.63) is 23.6 Å². The van der Waals surface area contributed by atoms with Crippen LogP contribution in [0.1, 0.15) is 30.6 Å². The van der Waals surface area contributed by atoms with Crippen LogP contribution in [0.15, 0.2) is 12.3 Å². The van der Waals surface area contributed by atoms with Gasteiger partial charge in [-0.15, -0.1) is 0 Å². The summed E-state index contributed by atoms with van der Waals surface area (Å²) in [5, 5.41) is 5.70. The number of anilines is 1. The van der Waals surface area contributed by atoms with E-state index >= 15 is 0 Å². The summed E-state index contributed by atoms with van der Waals surface area (Å²) in [4.78, 5) is 16.1. The maximum Gasteiger partial charge on any atom is 0.255 e. The lowest BCUT2D eigenvalue weighted by molar-refractivity contribution is 0.0727. The van der Waals surface area contributed by atoms with Crippen LogP contribution in [-0.4, -0.2) is 36.2 Å². The Bertz CT molecular complexity index is 495. The van der Waals surface area contributed by atoms with Gasteiger partial charge in [-0.3, -0.25) is 4.79 Å². The lowest BCUT2D eigenvalue weighted by atomic mass is 9.94. The van der Waals surface area contributed by atoms with Crippen molar-refractivity contribution in [2.45, 2.75) is 31.9 Å². The van der Waals surface area contributed by atoms with Gasteiger partial charge in [0.1, 0.15) is 11.6 Å². The molecular weight excluding hydrogens is 249 g/mol. The largest absolute Gasteiger partial charge is 0.376 e. The van der Waals surface area contributed by atoms with Gasteiger partial charge >= 0.3 is 0 Å². The highest BCUT2D eigenvalue weighted by atomic mass is 19.1. The normalized spacial score (nSPS) is 26.2. The second-order valence-electron chi connectivity index (χ2n) is 4.93. The summed E-state index contributed by atoms with van der Waals surface area (Å²) in [6.45, 7) is 4.45. The molecule has 1 aliphatic rings. The van der Waals surface area contributed by atoms with Crippen LogP contribution >= 0.6 is 0 Å². The molecule has 2 heterocycles. The summed E-state index contributed by atoms with van der Waals surface area (Å²) in [6, 6.07) is 1.18. The minimum atomic E-state index is -0.537. The number of nitrogens with zero attached hydrogens (tertiary/aromatic N) is 1. The molecule has 0 saturated carbocycles. The van der Waals surface area contributed by atoms with Gasteiger partial charge in [0.25, 0.3) is 5.91 Å². The first-order valence-electron chi connectivity index (χ1n) is 6.23. The lowest BCUT2D eigenvalue weighted by Crippen LogP contribution is -2.50. The molecule has 2 rings (SSSR count). The number of carbonyl (C=O) groups is 1. The summed E-state index contributed by atoms with van der Waals surface area (Å²) < 4.78 is 18.7. The number of rotatable bonds is 3. The topological polar surface area (TPSA) is 63.2 Å². The van der Waals surface area contributed by atoms with Gasteiger partial charge in [-0.05, 0) is 26.3 Å². The van der Waals surface area contributed by atoms with Crippen LogP contribution in [0.3, 0.4) is 0 Å². The van der Waals surface area contributed by atoms with Crippen molar-refractivity contribution in [1.82, 2.24) is 10.3 Å². The Kier molecular flexibility index (Phi) is 3.71. The molecule has 1 aromatic rings. The fraction of sp³-hybridized carbons (Fsp3) is 0.538. The van der Waals surface area contributed by atoms with Gasteiger partial charge in [0.2, 0.25) is 0 Å². The van der Waals surface area contributed by atoms with Gasteiger partial charge in [0.15, 0.2) is 0 Å². The number of ether oxygens (including phenoxy) is 1. The fourth-order valence-electron chi connectivity index (χ4n) is 2.14. The molecule has 5 nitrogen and oxygen atoms in total. The second-order valence-corrected chi connectivity index (χ2v) is 4.93. The minimum absolute atomic E-state index is 0.0731. The number of aromatic nitrogens is 1. The standard InChI is InChI=1S/C13H18FN3O2/c1-8-13(2,4-5-19-8)17-12(18)10-6-9(14)7-16-11(10)15-3/h6-8H,4-5H2,1-3H3,(H,15,16)(H,17,18). The molecule has 1 fully saturated rings. The van der Waals surface area contributed by atoms with Crippen LogP contribution in [0.2, 0.25) is 0 Å². The van der Waals surface area contributed by atoms with E-state index in [0.29, 0.717) is 12.4 Å². The minimum Gasteiger partial charge on any atom is -0.376 e. The second kappa shape index (κ2) is 5.13. The van der Waals surface area contributed by atoms with Gasteiger partial charge < -0.3 is 15.4 Å². The number of hydrogen-bond acceptors (Lipinski definition) is 4. The van der Waals surface area contributed by atoms with Crippen LogP contribution < -0.4 is 10.6 Å². The number of hydrogen-bond donors (Lipinski definition) is 2. The van der Waals surface area contributed by atoms with E-state index in [2.05, 4.69) is 15.6 Å². The van der Waals surface area contributed by atoms with Crippen LogP contribution in [0, 0.1) is 5.82 Å². The van der Waals surface area contributed by atoms with Crippen LogP contribution in [-0.2, 0) is 4.74 Å². The highest BCUT2D eigenvalue weighted by Gasteiger charge is 2.38. The molecule has 6 heteroatoms. The highest BCUT2D eigenvalue weighted by Crippen LogP contribution is 2.26. The summed E-state index contributed by atoms with van der Waals surface area (Å²) in [7, 11) is 1.64. The first kappa shape index (κ1) is 13.7. The molecule has 0 radical (unpaired) electrons. The Balaban J connectivity index is 2.22. The summed E-state index contributed by atoms with van der Waals surface area (Å²) >= 11 is 0. The average molecular weight is 267 g/mol. The monoisotopic (exact) mass is 267 g/mol. The van der Waals surface area contributed by atoms with Crippen molar-refractivity contribution in [2.24, 2.45) is 0 Å². The predicted octanol–water partition coefficient (Wildman–Crippen LogP) is 1.56. The van der Waals surface area contributed by atoms with E-state index in [0.717, 1.165) is 12.6 Å². The van der Waals surface area contributed by atoms with Crippen LogP contribution in [0.5, 0.6) is 0 Å². The maximum atomic E-state index is 13.2. The molecule has 2 N–H and O–H groups in total. The molecule has 1 aromatic heterocycles. The number of halogens is 1. The van der Waals surface area contributed by atoms with Crippen molar-refractivity contribution in [3.63, 3.8) is 0 Å². The predicted molar refractivity (Wildman–Crippen MR) is 69.6 cm³/mol. The SMILES string of the molecule is CNc1ncc(F)cc1C(=O)NC1(C)CCOC1C. The van der Waals surface area contributed by atoms with E-state index in [1.54, 1.807) is 7.05 Å². The Morgan fingerprint density at radius 3 is 2.95 bits per heavy atom. The molecule has 1 amide bonds. The van der Waals surface area contributed by atoms with Crippen LogP contribution in [0.25, 0.3) is 0 Å². The molecule has 19 heavy (non-hydrogen) atoms. The molecule has 2 atom stereocenters. The Labute approximate surface area is 111 Å². The fourth-order valence-corrected chi connectivity index (χ4v) is 2.14. The maximum absolute atomic E-state index is 13.2. The van der Waals surface area contributed by atoms with E-state index in [-0.39, 0.29) is 17.6 Å². The molecule has 2 unspecified atom stereocenters. The van der Waals surface area contributed by atoms with Gasteiger partial charge in [-0.2, -0.15) is 0 Å². The van der Waals surface area contributed by atoms with Crippen molar-refractivity contribution < 1.29 is 13.9 Å². The van der Waals surface area contributed by atoms with E-state index in [4.69, 9.17) is 4.74 Å². The van der Waals surface area contributed by atoms with E-state index in [1.807, 2.05) is 13.8 Å². The summed E-state index contributed by atoms with van der Waals surface area (Å²) in [5.74, 6) is -0.532. The lowest BCUT2D eigenvalue weighted by Gasteiger charge is -2.29. The Morgan fingerprint density at radius 2 is 2.37 bits per heavy atom.